The second kappa shape index (κ2) is 18.4. The van der Waals surface area contributed by atoms with Crippen LogP contribution in [0.5, 0.6) is 0 Å². The molecule has 2 amide bonds. The number of likely N-dealkylation sites (tertiary alicyclic amines) is 1. The Kier molecular flexibility index (Phi) is 13.5. The number of ether oxygens (including phenoxy) is 5. The van der Waals surface area contributed by atoms with Crippen LogP contribution in [0.4, 0.5) is 0 Å². The summed E-state index contributed by atoms with van der Waals surface area (Å²) in [6, 6.07) is 29.2. The average Bonchev–Trinajstić information content (AvgIpc) is 3.63. The smallest absolute Gasteiger partial charge is 0.328 e. The SMILES string of the molecule is COC(=O)[C@@H]1CCCN1C(=O)CNC(=O)/C=C/C[C@H]1O[C@@H](C)[C@@H](OCc2ccccc2)[C@@H](OCc2ccccc2)[C@@H]1OCc1ccccc1. The van der Waals surface area contributed by atoms with Crippen molar-refractivity contribution in [2.45, 2.75) is 82.6 Å². The van der Waals surface area contributed by atoms with Crippen LogP contribution in [0.3, 0.4) is 0 Å². The molecule has 0 spiro atoms. The van der Waals surface area contributed by atoms with Crippen LogP contribution in [0, 0.1) is 0 Å². The quantitative estimate of drug-likeness (QED) is 0.182. The summed E-state index contributed by atoms with van der Waals surface area (Å²) in [4.78, 5) is 39.0. The van der Waals surface area contributed by atoms with E-state index in [1.807, 2.05) is 97.9 Å². The van der Waals surface area contributed by atoms with Crippen molar-refractivity contribution in [2.75, 3.05) is 20.2 Å². The highest BCUT2D eigenvalue weighted by Gasteiger charge is 2.46. The number of carbonyl (C=O) groups excluding carboxylic acids is 3. The summed E-state index contributed by atoms with van der Waals surface area (Å²) in [5.74, 6) is -1.19. The number of carbonyl (C=O) groups is 3. The normalized spacial score (nSPS) is 23.8. The molecule has 2 aliphatic rings. The number of methoxy groups -OCH3 is 1. The molecule has 6 atom stereocenters. The van der Waals surface area contributed by atoms with Crippen LogP contribution in [0.2, 0.25) is 0 Å². The van der Waals surface area contributed by atoms with Crippen molar-refractivity contribution in [1.29, 1.82) is 0 Å². The van der Waals surface area contributed by atoms with Gasteiger partial charge in [0, 0.05) is 6.54 Å². The Bertz CT molecular complexity index is 1500. The average molecular weight is 671 g/mol. The molecule has 5 rings (SSSR count). The van der Waals surface area contributed by atoms with Gasteiger partial charge in [-0.05, 0) is 49.0 Å². The number of hydrogen-bond donors (Lipinski definition) is 1. The number of nitrogens with one attached hydrogen (secondary N) is 1. The van der Waals surface area contributed by atoms with Crippen LogP contribution in [0.25, 0.3) is 0 Å². The Balaban J connectivity index is 1.28. The lowest BCUT2D eigenvalue weighted by atomic mass is 9.92. The molecule has 0 bridgehead atoms. The van der Waals surface area contributed by atoms with E-state index < -0.39 is 42.3 Å². The topological polar surface area (TPSA) is 113 Å². The van der Waals surface area contributed by atoms with Crippen molar-refractivity contribution in [2.24, 2.45) is 0 Å². The number of rotatable bonds is 15. The maximum atomic E-state index is 12.8. The molecule has 0 aromatic heterocycles. The Labute approximate surface area is 288 Å². The minimum absolute atomic E-state index is 0.216. The Morgan fingerprint density at radius 1 is 0.796 bits per heavy atom. The fourth-order valence-electron chi connectivity index (χ4n) is 6.29. The molecule has 3 aromatic carbocycles. The molecule has 2 heterocycles. The zero-order chi connectivity index (χ0) is 34.4. The number of hydrogen-bond acceptors (Lipinski definition) is 8. The highest BCUT2D eigenvalue weighted by atomic mass is 16.6. The van der Waals surface area contributed by atoms with Gasteiger partial charge in [0.1, 0.15) is 24.4 Å². The summed E-state index contributed by atoms with van der Waals surface area (Å²) in [5, 5.41) is 2.64. The maximum absolute atomic E-state index is 12.8. The van der Waals surface area contributed by atoms with E-state index in [0.29, 0.717) is 45.6 Å². The predicted molar refractivity (Wildman–Crippen MR) is 183 cm³/mol. The first-order chi connectivity index (χ1) is 23.9. The third-order valence-electron chi connectivity index (χ3n) is 8.82. The van der Waals surface area contributed by atoms with Crippen molar-refractivity contribution < 1.29 is 38.1 Å². The highest BCUT2D eigenvalue weighted by Crippen LogP contribution is 2.32. The zero-order valence-electron chi connectivity index (χ0n) is 28.1. The number of nitrogens with zero attached hydrogens (tertiary/aromatic N) is 1. The molecule has 10 heteroatoms. The first kappa shape index (κ1) is 35.9. The van der Waals surface area contributed by atoms with E-state index in [2.05, 4.69) is 5.32 Å². The van der Waals surface area contributed by atoms with E-state index in [4.69, 9.17) is 23.7 Å². The first-order valence-electron chi connectivity index (χ1n) is 16.9. The maximum Gasteiger partial charge on any atom is 0.328 e. The summed E-state index contributed by atoms with van der Waals surface area (Å²) in [6.07, 6.45) is 2.51. The van der Waals surface area contributed by atoms with Gasteiger partial charge in [0.15, 0.2) is 0 Å². The molecule has 260 valence electrons. The lowest BCUT2D eigenvalue weighted by Crippen LogP contribution is -2.59. The Morgan fingerprint density at radius 2 is 1.33 bits per heavy atom. The van der Waals surface area contributed by atoms with Crippen molar-refractivity contribution >= 4 is 17.8 Å². The number of amides is 2. The van der Waals surface area contributed by atoms with E-state index >= 15 is 0 Å². The molecule has 0 unspecified atom stereocenters. The molecule has 2 aliphatic heterocycles. The molecule has 49 heavy (non-hydrogen) atoms. The predicted octanol–water partition coefficient (Wildman–Crippen LogP) is 4.76. The molecular weight excluding hydrogens is 624 g/mol. The van der Waals surface area contributed by atoms with Gasteiger partial charge in [-0.25, -0.2) is 4.79 Å². The monoisotopic (exact) mass is 670 g/mol. The summed E-state index contributed by atoms with van der Waals surface area (Å²) in [6.45, 7) is 3.29. The highest BCUT2D eigenvalue weighted by molar-refractivity contribution is 5.92. The van der Waals surface area contributed by atoms with Crippen molar-refractivity contribution in [3.05, 3.63) is 120 Å². The molecule has 3 aromatic rings. The van der Waals surface area contributed by atoms with Crippen molar-refractivity contribution in [3.63, 3.8) is 0 Å². The Morgan fingerprint density at radius 3 is 1.88 bits per heavy atom. The molecule has 0 radical (unpaired) electrons. The van der Waals surface area contributed by atoms with Gasteiger partial charge in [0.2, 0.25) is 11.8 Å². The van der Waals surface area contributed by atoms with E-state index in [0.717, 1.165) is 16.7 Å². The fourth-order valence-corrected chi connectivity index (χ4v) is 6.29. The van der Waals surface area contributed by atoms with Crippen LogP contribution >= 0.6 is 0 Å². The van der Waals surface area contributed by atoms with E-state index in [1.165, 1.54) is 18.1 Å². The minimum Gasteiger partial charge on any atom is -0.467 e. The van der Waals surface area contributed by atoms with E-state index in [1.54, 1.807) is 6.08 Å². The largest absolute Gasteiger partial charge is 0.467 e. The van der Waals surface area contributed by atoms with Crippen molar-refractivity contribution in [3.8, 4) is 0 Å². The van der Waals surface area contributed by atoms with Crippen LogP contribution in [-0.4, -0.2) is 79.4 Å². The lowest BCUT2D eigenvalue weighted by Gasteiger charge is -2.45. The molecule has 0 saturated carbocycles. The number of benzene rings is 3. The zero-order valence-corrected chi connectivity index (χ0v) is 28.1. The van der Waals surface area contributed by atoms with Crippen LogP contribution in [0.15, 0.2) is 103 Å². The third kappa shape index (κ3) is 10.3. The van der Waals surface area contributed by atoms with Crippen molar-refractivity contribution in [1.82, 2.24) is 10.2 Å². The van der Waals surface area contributed by atoms with Gasteiger partial charge in [-0.2, -0.15) is 0 Å². The molecular formula is C39H46N2O8. The molecule has 10 nitrogen and oxygen atoms in total. The van der Waals surface area contributed by atoms with Crippen LogP contribution < -0.4 is 5.32 Å². The van der Waals surface area contributed by atoms with Gasteiger partial charge in [0.25, 0.3) is 0 Å². The van der Waals surface area contributed by atoms with E-state index in [-0.39, 0.29) is 18.6 Å². The summed E-state index contributed by atoms with van der Waals surface area (Å²) in [7, 11) is 1.31. The van der Waals surface area contributed by atoms with Gasteiger partial charge in [0.05, 0.1) is 45.7 Å². The van der Waals surface area contributed by atoms with Gasteiger partial charge < -0.3 is 33.9 Å². The fraction of sp³-hybridized carbons (Fsp3) is 0.410. The molecule has 1 N–H and O–H groups in total. The minimum atomic E-state index is -0.610. The van der Waals surface area contributed by atoms with E-state index in [9.17, 15) is 14.4 Å². The van der Waals surface area contributed by atoms with Gasteiger partial charge in [-0.1, -0.05) is 97.1 Å². The Hall–Kier alpha value is -4.35. The second-order valence-electron chi connectivity index (χ2n) is 12.3. The summed E-state index contributed by atoms with van der Waals surface area (Å²) >= 11 is 0. The van der Waals surface area contributed by atoms with Gasteiger partial charge >= 0.3 is 5.97 Å². The second-order valence-corrected chi connectivity index (χ2v) is 12.3. The van der Waals surface area contributed by atoms with Crippen LogP contribution in [-0.2, 0) is 57.9 Å². The van der Waals surface area contributed by atoms with Crippen LogP contribution in [0.1, 0.15) is 42.9 Å². The summed E-state index contributed by atoms with van der Waals surface area (Å²) in [5.41, 5.74) is 3.08. The lowest BCUT2D eigenvalue weighted by molar-refractivity contribution is -0.260. The standard InChI is InChI=1S/C39H46N2O8/c1-28-36(46-25-29-14-6-3-7-15-29)38(48-27-31-18-10-5-11-19-31)37(47-26-30-16-8-4-9-17-30)33(49-28)21-12-22-34(42)40-24-35(43)41-23-13-20-32(41)39(44)45-2/h3-12,14-19,22,28,32-33,36-38H,13,20-21,23-27H2,1-2H3,(H,40,42)/b22-12+/t28-,32-,33+,36+,37+,38+/m0/s1. The molecule has 2 saturated heterocycles. The van der Waals surface area contributed by atoms with Gasteiger partial charge in [-0.15, -0.1) is 0 Å². The molecule has 2 fully saturated rings. The summed E-state index contributed by atoms with van der Waals surface area (Å²) < 4.78 is 31.1. The first-order valence-corrected chi connectivity index (χ1v) is 16.9. The molecule has 0 aliphatic carbocycles. The van der Waals surface area contributed by atoms with Gasteiger partial charge in [-0.3, -0.25) is 9.59 Å². The third-order valence-corrected chi connectivity index (χ3v) is 8.82. The number of esters is 1.